The number of benzene rings is 2. The van der Waals surface area contributed by atoms with Crippen molar-refractivity contribution in [2.24, 2.45) is 0 Å². The SMILES string of the molecule is CN1CCN(NC(=O)Nc2cccc3c2C(=O)c2c(-c4ccc(OCCN5CCOCC5)cc4)n[nH]c2-3)CC1.Cl.Cl. The number of likely N-dealkylation sites (N-methyl/N-ethyl adjacent to an activating group) is 1. The highest BCUT2D eigenvalue weighted by molar-refractivity contribution is 6.26. The Morgan fingerprint density at radius 2 is 1.73 bits per heavy atom. The largest absolute Gasteiger partial charge is 0.492 e. The zero-order chi connectivity index (χ0) is 26.8. The molecule has 3 N–H and O–H groups in total. The van der Waals surface area contributed by atoms with Gasteiger partial charge in [0.05, 0.1) is 35.7 Å². The third kappa shape index (κ3) is 6.66. The van der Waals surface area contributed by atoms with E-state index in [0.29, 0.717) is 34.8 Å². The number of H-pyrrole nitrogens is 1. The third-order valence-electron chi connectivity index (χ3n) is 7.47. The average Bonchev–Trinajstić information content (AvgIpc) is 3.51. The summed E-state index contributed by atoms with van der Waals surface area (Å²) in [5, 5.41) is 12.3. The number of nitrogens with zero attached hydrogens (tertiary/aromatic N) is 4. The number of carbonyl (C=O) groups is 2. The van der Waals surface area contributed by atoms with Gasteiger partial charge in [-0.05, 0) is 37.4 Å². The van der Waals surface area contributed by atoms with Gasteiger partial charge in [-0.2, -0.15) is 5.10 Å². The smallest absolute Gasteiger partial charge is 0.333 e. The lowest BCUT2D eigenvalue weighted by atomic mass is 10.0. The Bertz CT molecular complexity index is 1350. The zero-order valence-electron chi connectivity index (χ0n) is 22.9. The van der Waals surface area contributed by atoms with E-state index in [1.807, 2.05) is 41.4 Å². The first-order valence-electron chi connectivity index (χ1n) is 13.4. The van der Waals surface area contributed by atoms with Crippen molar-refractivity contribution in [3.8, 4) is 28.3 Å². The first-order chi connectivity index (χ1) is 19.1. The number of hydrogen-bond donors (Lipinski definition) is 3. The Kier molecular flexibility index (Phi) is 10.2. The van der Waals surface area contributed by atoms with E-state index in [0.717, 1.165) is 75.9 Å². The number of fused-ring (bicyclic) bond motifs is 3. The van der Waals surface area contributed by atoms with E-state index in [-0.39, 0.29) is 36.6 Å². The highest BCUT2D eigenvalue weighted by atomic mass is 35.5. The van der Waals surface area contributed by atoms with Crippen molar-refractivity contribution in [1.29, 1.82) is 0 Å². The average molecular weight is 605 g/mol. The van der Waals surface area contributed by atoms with Crippen LogP contribution < -0.4 is 15.5 Å². The van der Waals surface area contributed by atoms with Gasteiger partial charge in [0.2, 0.25) is 0 Å². The number of hydrazine groups is 1. The minimum absolute atomic E-state index is 0. The molecule has 2 aromatic carbocycles. The molecule has 0 unspecified atom stereocenters. The van der Waals surface area contributed by atoms with E-state index in [9.17, 15) is 9.59 Å². The van der Waals surface area contributed by atoms with Crippen molar-refractivity contribution in [3.05, 3.63) is 53.6 Å². The summed E-state index contributed by atoms with van der Waals surface area (Å²) in [5.74, 6) is 0.608. The van der Waals surface area contributed by atoms with Gasteiger partial charge in [-0.1, -0.05) is 12.1 Å². The molecule has 1 aromatic heterocycles. The van der Waals surface area contributed by atoms with E-state index >= 15 is 0 Å². The number of rotatable bonds is 7. The number of ether oxygens (including phenoxy) is 2. The van der Waals surface area contributed by atoms with Crippen molar-refractivity contribution in [3.63, 3.8) is 0 Å². The lowest BCUT2D eigenvalue weighted by Crippen LogP contribution is -2.53. The van der Waals surface area contributed by atoms with Gasteiger partial charge in [0.25, 0.3) is 0 Å². The van der Waals surface area contributed by atoms with E-state index < -0.39 is 0 Å². The van der Waals surface area contributed by atoms with Gasteiger partial charge < -0.3 is 19.7 Å². The number of ketones is 1. The van der Waals surface area contributed by atoms with Gasteiger partial charge in [-0.15, -0.1) is 24.8 Å². The molecule has 3 aromatic rings. The summed E-state index contributed by atoms with van der Waals surface area (Å²) in [6, 6.07) is 12.7. The summed E-state index contributed by atoms with van der Waals surface area (Å²) >= 11 is 0. The number of amides is 2. The minimum Gasteiger partial charge on any atom is -0.492 e. The van der Waals surface area contributed by atoms with Crippen LogP contribution in [0.3, 0.4) is 0 Å². The van der Waals surface area contributed by atoms with Crippen LogP contribution in [-0.4, -0.2) is 110 Å². The van der Waals surface area contributed by atoms with Crippen LogP contribution in [0.4, 0.5) is 10.5 Å². The molecule has 0 spiro atoms. The van der Waals surface area contributed by atoms with Crippen molar-refractivity contribution < 1.29 is 19.1 Å². The molecule has 2 aliphatic heterocycles. The van der Waals surface area contributed by atoms with Crippen LogP contribution in [0.5, 0.6) is 5.75 Å². The van der Waals surface area contributed by atoms with Crippen LogP contribution in [0.2, 0.25) is 0 Å². The number of morpholine rings is 1. The first-order valence-corrected chi connectivity index (χ1v) is 13.4. The standard InChI is InChI=1S/C28H33N7O4.2ClH/c1-33-9-11-35(12-10-33)32-28(37)29-22-4-2-3-21-23(22)27(36)24-25(30-31-26(21)24)19-5-7-20(8-6-19)39-18-15-34-13-16-38-17-14-34;;/h2-8H,9-18H2,1H3,(H,30,31)(H2,29,32,37);2*1H. The Labute approximate surface area is 251 Å². The van der Waals surface area contributed by atoms with Crippen LogP contribution in [0.25, 0.3) is 22.5 Å². The number of urea groups is 1. The molecule has 1 aliphatic carbocycles. The molecule has 220 valence electrons. The number of hydrogen-bond acceptors (Lipinski definition) is 8. The molecule has 41 heavy (non-hydrogen) atoms. The number of carbonyl (C=O) groups excluding carboxylic acids is 2. The molecular formula is C28H35Cl2N7O4. The number of halogens is 2. The number of nitrogens with one attached hydrogen (secondary N) is 3. The summed E-state index contributed by atoms with van der Waals surface area (Å²) in [6.07, 6.45) is 0. The second-order valence-corrected chi connectivity index (χ2v) is 10.1. The van der Waals surface area contributed by atoms with Crippen LogP contribution in [0, 0.1) is 0 Å². The van der Waals surface area contributed by atoms with Crippen molar-refractivity contribution >= 4 is 42.3 Å². The van der Waals surface area contributed by atoms with Crippen LogP contribution in [-0.2, 0) is 4.74 Å². The predicted octanol–water partition coefficient (Wildman–Crippen LogP) is 3.13. The van der Waals surface area contributed by atoms with E-state index in [1.165, 1.54) is 0 Å². The maximum atomic E-state index is 13.6. The summed E-state index contributed by atoms with van der Waals surface area (Å²) in [6.45, 7) is 8.11. The lowest BCUT2D eigenvalue weighted by molar-refractivity contribution is 0.0322. The Hall–Kier alpha value is -3.19. The summed E-state index contributed by atoms with van der Waals surface area (Å²) in [7, 11) is 2.06. The quantitative estimate of drug-likeness (QED) is 0.295. The first kappa shape index (κ1) is 30.8. The van der Waals surface area contributed by atoms with Gasteiger partial charge in [0, 0.05) is 56.9 Å². The van der Waals surface area contributed by atoms with Gasteiger partial charge in [0.15, 0.2) is 5.78 Å². The number of aromatic amines is 1. The van der Waals surface area contributed by atoms with Crippen LogP contribution in [0.1, 0.15) is 15.9 Å². The molecule has 2 fully saturated rings. The van der Waals surface area contributed by atoms with Crippen LogP contribution >= 0.6 is 24.8 Å². The topological polar surface area (TPSA) is 115 Å². The van der Waals surface area contributed by atoms with Crippen molar-refractivity contribution in [2.45, 2.75) is 0 Å². The zero-order valence-corrected chi connectivity index (χ0v) is 24.5. The second kappa shape index (κ2) is 13.6. The molecule has 0 bridgehead atoms. The molecule has 3 aliphatic rings. The molecule has 13 heteroatoms. The Balaban J connectivity index is 0.00000194. The van der Waals surface area contributed by atoms with Crippen molar-refractivity contribution in [1.82, 2.24) is 30.4 Å². The summed E-state index contributed by atoms with van der Waals surface area (Å²) in [4.78, 5) is 30.9. The van der Waals surface area contributed by atoms with Crippen molar-refractivity contribution in [2.75, 3.05) is 78.0 Å². The molecule has 11 nitrogen and oxygen atoms in total. The summed E-state index contributed by atoms with van der Waals surface area (Å²) < 4.78 is 11.3. The number of aromatic nitrogens is 2. The fourth-order valence-electron chi connectivity index (χ4n) is 5.24. The van der Waals surface area contributed by atoms with Gasteiger partial charge >= 0.3 is 6.03 Å². The fraction of sp³-hybridized carbons (Fsp3) is 0.393. The monoisotopic (exact) mass is 603 g/mol. The molecule has 2 amide bonds. The number of piperazine rings is 1. The van der Waals surface area contributed by atoms with Crippen LogP contribution in [0.15, 0.2) is 42.5 Å². The molecule has 0 radical (unpaired) electrons. The van der Waals surface area contributed by atoms with Gasteiger partial charge in [0.1, 0.15) is 18.1 Å². The molecule has 0 atom stereocenters. The normalized spacial score (nSPS) is 17.1. The predicted molar refractivity (Wildman–Crippen MR) is 161 cm³/mol. The summed E-state index contributed by atoms with van der Waals surface area (Å²) in [5.41, 5.74) is 7.15. The maximum absolute atomic E-state index is 13.6. The van der Waals surface area contributed by atoms with Gasteiger partial charge in [-0.3, -0.25) is 20.2 Å². The molecule has 6 rings (SSSR count). The highest BCUT2D eigenvalue weighted by Gasteiger charge is 2.35. The Morgan fingerprint density at radius 3 is 2.46 bits per heavy atom. The molecule has 0 saturated carbocycles. The fourth-order valence-corrected chi connectivity index (χ4v) is 5.24. The lowest BCUT2D eigenvalue weighted by Gasteiger charge is -2.32. The third-order valence-corrected chi connectivity index (χ3v) is 7.47. The Morgan fingerprint density at radius 1 is 1.00 bits per heavy atom. The van der Waals surface area contributed by atoms with Gasteiger partial charge in [-0.25, -0.2) is 9.80 Å². The van der Waals surface area contributed by atoms with E-state index in [1.54, 1.807) is 6.07 Å². The second-order valence-electron chi connectivity index (χ2n) is 10.1. The van der Waals surface area contributed by atoms with E-state index in [4.69, 9.17) is 9.47 Å². The highest BCUT2D eigenvalue weighted by Crippen LogP contribution is 2.43. The van der Waals surface area contributed by atoms with E-state index in [2.05, 4.69) is 37.8 Å². The molecule has 2 saturated heterocycles. The minimum atomic E-state index is -0.362. The maximum Gasteiger partial charge on any atom is 0.333 e. The molecule has 3 heterocycles. The molecular weight excluding hydrogens is 569 g/mol. The number of anilines is 1.